The van der Waals surface area contributed by atoms with Gasteiger partial charge in [0.1, 0.15) is 5.15 Å². The lowest BCUT2D eigenvalue weighted by atomic mass is 10.1. The van der Waals surface area contributed by atoms with E-state index in [0.29, 0.717) is 0 Å². The molecule has 0 amide bonds. The molecule has 0 aromatic carbocycles. The molecule has 12 heavy (non-hydrogen) atoms. The first-order valence-corrected chi connectivity index (χ1v) is 3.73. The first-order chi connectivity index (χ1) is 5.52. The molecule has 0 atom stereocenters. The van der Waals surface area contributed by atoms with E-state index in [-0.39, 0.29) is 22.2 Å². The molecule has 0 aliphatic rings. The van der Waals surface area contributed by atoms with Crippen LogP contribution in [0.2, 0.25) is 5.15 Å². The van der Waals surface area contributed by atoms with E-state index in [9.17, 15) is 9.18 Å². The average Bonchev–Trinajstić information content (AvgIpc) is 1.96. The average molecular weight is 188 g/mol. The summed E-state index contributed by atoms with van der Waals surface area (Å²) in [6, 6.07) is 1.23. The Morgan fingerprint density at radius 3 is 2.75 bits per heavy atom. The van der Waals surface area contributed by atoms with Crippen LogP contribution in [0.3, 0.4) is 0 Å². The minimum Gasteiger partial charge on any atom is -0.294 e. The van der Waals surface area contributed by atoms with Crippen LogP contribution in [0.15, 0.2) is 6.07 Å². The minimum absolute atomic E-state index is 0.00694. The summed E-state index contributed by atoms with van der Waals surface area (Å²) in [4.78, 5) is 14.5. The molecule has 64 valence electrons. The number of nitrogens with zero attached hydrogens (tertiary/aromatic N) is 1. The van der Waals surface area contributed by atoms with Gasteiger partial charge in [0.05, 0.1) is 11.3 Å². The number of aryl methyl sites for hydroxylation is 1. The molecule has 4 heteroatoms. The van der Waals surface area contributed by atoms with Crippen LogP contribution in [-0.2, 0) is 0 Å². The van der Waals surface area contributed by atoms with Gasteiger partial charge in [0.25, 0.3) is 0 Å². The summed E-state index contributed by atoms with van der Waals surface area (Å²) in [5.74, 6) is -0.938. The first kappa shape index (κ1) is 9.13. The topological polar surface area (TPSA) is 30.0 Å². The van der Waals surface area contributed by atoms with Crippen molar-refractivity contribution < 1.29 is 9.18 Å². The van der Waals surface area contributed by atoms with Gasteiger partial charge >= 0.3 is 0 Å². The van der Waals surface area contributed by atoms with Crippen molar-refractivity contribution in [1.82, 2.24) is 4.98 Å². The summed E-state index contributed by atoms with van der Waals surface area (Å²) in [5.41, 5.74) is 0.139. The second-order valence-corrected chi connectivity index (χ2v) is 2.84. The molecule has 0 aliphatic heterocycles. The molecule has 0 N–H and O–H groups in total. The van der Waals surface area contributed by atoms with Gasteiger partial charge in [-0.3, -0.25) is 4.79 Å². The Labute approximate surface area is 74.4 Å². The second kappa shape index (κ2) is 3.19. The summed E-state index contributed by atoms with van der Waals surface area (Å²) < 4.78 is 13.1. The van der Waals surface area contributed by atoms with E-state index in [0.717, 1.165) is 0 Å². The van der Waals surface area contributed by atoms with Crippen LogP contribution in [0.4, 0.5) is 4.39 Å². The van der Waals surface area contributed by atoms with Crippen LogP contribution in [0, 0.1) is 12.7 Å². The number of aromatic nitrogens is 1. The van der Waals surface area contributed by atoms with E-state index in [2.05, 4.69) is 4.98 Å². The van der Waals surface area contributed by atoms with Crippen LogP contribution in [0.25, 0.3) is 0 Å². The lowest BCUT2D eigenvalue weighted by Gasteiger charge is -2.01. The smallest absolute Gasteiger partial charge is 0.162 e. The van der Waals surface area contributed by atoms with Crippen molar-refractivity contribution in [1.29, 1.82) is 0 Å². The van der Waals surface area contributed by atoms with Crippen molar-refractivity contribution in [3.8, 4) is 0 Å². The molecular formula is C8H7ClFNO. The third kappa shape index (κ3) is 1.61. The van der Waals surface area contributed by atoms with Crippen molar-refractivity contribution in [2.75, 3.05) is 0 Å². The highest BCUT2D eigenvalue weighted by atomic mass is 35.5. The van der Waals surface area contributed by atoms with Crippen molar-refractivity contribution in [3.05, 3.63) is 28.3 Å². The Kier molecular flexibility index (Phi) is 2.43. The maximum atomic E-state index is 13.1. The highest BCUT2D eigenvalue weighted by Gasteiger charge is 2.11. The monoisotopic (exact) mass is 187 g/mol. The molecule has 0 saturated carbocycles. The van der Waals surface area contributed by atoms with Gasteiger partial charge in [-0.25, -0.2) is 9.37 Å². The fraction of sp³-hybridized carbons (Fsp3) is 0.250. The van der Waals surface area contributed by atoms with Gasteiger partial charge < -0.3 is 0 Å². The zero-order valence-corrected chi connectivity index (χ0v) is 7.44. The molecule has 1 heterocycles. The normalized spacial score (nSPS) is 10.0. The zero-order chi connectivity index (χ0) is 9.30. The van der Waals surface area contributed by atoms with Crippen molar-refractivity contribution >= 4 is 17.4 Å². The number of hydrogen-bond acceptors (Lipinski definition) is 2. The van der Waals surface area contributed by atoms with Gasteiger partial charge in [-0.15, -0.1) is 0 Å². The second-order valence-electron chi connectivity index (χ2n) is 2.45. The lowest BCUT2D eigenvalue weighted by molar-refractivity contribution is 0.101. The van der Waals surface area contributed by atoms with Crippen LogP contribution in [0.1, 0.15) is 23.0 Å². The van der Waals surface area contributed by atoms with E-state index in [4.69, 9.17) is 11.6 Å². The molecule has 2 nitrogen and oxygen atoms in total. The van der Waals surface area contributed by atoms with E-state index in [1.807, 2.05) is 0 Å². The number of rotatable bonds is 1. The highest BCUT2D eigenvalue weighted by molar-refractivity contribution is 6.29. The summed E-state index contributed by atoms with van der Waals surface area (Å²) in [6.45, 7) is 2.75. The van der Waals surface area contributed by atoms with Gasteiger partial charge in [-0.05, 0) is 19.9 Å². The van der Waals surface area contributed by atoms with E-state index in [1.165, 1.54) is 19.9 Å². The van der Waals surface area contributed by atoms with Crippen LogP contribution in [0.5, 0.6) is 0 Å². The highest BCUT2D eigenvalue weighted by Crippen LogP contribution is 2.15. The summed E-state index contributed by atoms with van der Waals surface area (Å²) >= 11 is 5.54. The predicted molar refractivity (Wildman–Crippen MR) is 43.9 cm³/mol. The molecule has 0 fully saturated rings. The third-order valence-electron chi connectivity index (χ3n) is 1.47. The molecule has 0 radical (unpaired) electrons. The van der Waals surface area contributed by atoms with Crippen molar-refractivity contribution in [3.63, 3.8) is 0 Å². The fourth-order valence-electron chi connectivity index (χ4n) is 0.875. The van der Waals surface area contributed by atoms with E-state index < -0.39 is 5.82 Å². The molecule has 0 bridgehead atoms. The maximum Gasteiger partial charge on any atom is 0.162 e. The largest absolute Gasteiger partial charge is 0.294 e. The fourth-order valence-corrected chi connectivity index (χ4v) is 1.11. The standard InChI is InChI=1S/C8H7ClFNO/c1-4-8(10)6(5(2)12)3-7(9)11-4/h3H,1-2H3. The maximum absolute atomic E-state index is 13.1. The SMILES string of the molecule is CC(=O)c1cc(Cl)nc(C)c1F. The summed E-state index contributed by atoms with van der Waals surface area (Å²) in [6.07, 6.45) is 0. The number of hydrogen-bond donors (Lipinski definition) is 0. The molecular weight excluding hydrogens is 181 g/mol. The summed E-state index contributed by atoms with van der Waals surface area (Å²) in [7, 11) is 0. The first-order valence-electron chi connectivity index (χ1n) is 3.36. The molecule has 1 rings (SSSR count). The Morgan fingerprint density at radius 2 is 2.25 bits per heavy atom. The van der Waals surface area contributed by atoms with Crippen molar-refractivity contribution in [2.24, 2.45) is 0 Å². The van der Waals surface area contributed by atoms with E-state index in [1.54, 1.807) is 0 Å². The lowest BCUT2D eigenvalue weighted by Crippen LogP contribution is -2.01. The van der Waals surface area contributed by atoms with Gasteiger partial charge in [-0.2, -0.15) is 0 Å². The summed E-state index contributed by atoms with van der Waals surface area (Å²) in [5, 5.41) is 0.138. The molecule has 0 spiro atoms. The number of ketones is 1. The number of pyridine rings is 1. The van der Waals surface area contributed by atoms with Crippen LogP contribution < -0.4 is 0 Å². The van der Waals surface area contributed by atoms with Gasteiger partial charge in [0, 0.05) is 0 Å². The molecule has 1 aromatic heterocycles. The minimum atomic E-state index is -0.591. The molecule has 1 aromatic rings. The third-order valence-corrected chi connectivity index (χ3v) is 1.66. The van der Waals surface area contributed by atoms with E-state index >= 15 is 0 Å². The number of Topliss-reactive ketones (excluding diaryl/α,β-unsaturated/α-hetero) is 1. The van der Waals surface area contributed by atoms with Crippen LogP contribution >= 0.6 is 11.6 Å². The molecule has 0 saturated heterocycles. The Balaban J connectivity index is 3.37. The van der Waals surface area contributed by atoms with Gasteiger partial charge in [-0.1, -0.05) is 11.6 Å². The van der Waals surface area contributed by atoms with Crippen LogP contribution in [-0.4, -0.2) is 10.8 Å². The number of halogens is 2. The predicted octanol–water partition coefficient (Wildman–Crippen LogP) is 2.39. The van der Waals surface area contributed by atoms with Gasteiger partial charge in [0.15, 0.2) is 11.6 Å². The number of carbonyl (C=O) groups is 1. The zero-order valence-electron chi connectivity index (χ0n) is 6.69. The Bertz CT molecular complexity index is 338. The number of carbonyl (C=O) groups excluding carboxylic acids is 1. The molecule has 0 unspecified atom stereocenters. The Hall–Kier alpha value is -0.960. The van der Waals surface area contributed by atoms with Gasteiger partial charge in [0.2, 0.25) is 0 Å². The Morgan fingerprint density at radius 1 is 1.67 bits per heavy atom. The quantitative estimate of drug-likeness (QED) is 0.499. The molecule has 0 aliphatic carbocycles. The van der Waals surface area contributed by atoms with Crippen molar-refractivity contribution in [2.45, 2.75) is 13.8 Å².